The molecule has 4 aromatic carbocycles. The van der Waals surface area contributed by atoms with Gasteiger partial charge in [0.05, 0.1) is 15.8 Å². The van der Waals surface area contributed by atoms with Crippen LogP contribution in [0.5, 0.6) is 5.75 Å². The molecular weight excluding hydrogens is 584 g/mol. The van der Waals surface area contributed by atoms with E-state index in [1.54, 1.807) is 48.5 Å². The van der Waals surface area contributed by atoms with Crippen molar-refractivity contribution in [1.29, 1.82) is 0 Å². The predicted molar refractivity (Wildman–Crippen MR) is 154 cm³/mol. The van der Waals surface area contributed by atoms with E-state index in [0.717, 1.165) is 9.69 Å². The summed E-state index contributed by atoms with van der Waals surface area (Å²) in [6.45, 7) is 0. The molecule has 1 aliphatic heterocycles. The highest BCUT2D eigenvalue weighted by atomic mass is 35.5. The zero-order valence-corrected chi connectivity index (χ0v) is 23.0. The van der Waals surface area contributed by atoms with Gasteiger partial charge in [0.25, 0.3) is 17.2 Å². The molecule has 1 aromatic heterocycles. The number of hydrogen-bond donors (Lipinski definition) is 0. The molecule has 0 aliphatic carbocycles. The predicted octanol–water partition coefficient (Wildman–Crippen LogP) is 4.57. The second-order valence-electron chi connectivity index (χ2n) is 9.33. The van der Waals surface area contributed by atoms with Crippen molar-refractivity contribution in [2.24, 2.45) is 0 Å². The largest absolute Gasteiger partial charge is 0.379 e. The number of carbonyl (C=O) groups is 1. The number of rotatable bonds is 7. The molecule has 11 nitrogen and oxygen atoms in total. The molecule has 2 unspecified atom stereocenters. The van der Waals surface area contributed by atoms with Gasteiger partial charge in [-0.05, 0) is 54.1 Å². The molecule has 2 heterocycles. The number of aromatic nitrogens is 2. The first kappa shape index (κ1) is 27.1. The van der Waals surface area contributed by atoms with Crippen molar-refractivity contribution in [1.82, 2.24) is 9.66 Å². The number of non-ortho nitro benzene ring substituents is 1. The van der Waals surface area contributed by atoms with Gasteiger partial charge in [-0.2, -0.15) is 13.1 Å². The summed E-state index contributed by atoms with van der Waals surface area (Å²) in [6, 6.07) is 24.8. The fourth-order valence-corrected chi connectivity index (χ4v) is 6.03. The van der Waals surface area contributed by atoms with Crippen molar-refractivity contribution in [2.45, 2.75) is 16.3 Å². The van der Waals surface area contributed by atoms with Crippen LogP contribution >= 0.6 is 11.6 Å². The van der Waals surface area contributed by atoms with Crippen molar-refractivity contribution in [3.05, 3.63) is 129 Å². The number of para-hydroxylation sites is 1. The Kier molecular flexibility index (Phi) is 6.71. The number of carbonyl (C=O) groups excluding carboxylic acids is 1. The van der Waals surface area contributed by atoms with E-state index in [1.807, 2.05) is 0 Å². The second-order valence-corrected chi connectivity index (χ2v) is 11.3. The lowest BCUT2D eigenvalue weighted by Crippen LogP contribution is -2.64. The maximum Gasteiger partial charge on any atom is 0.339 e. The molecule has 0 radical (unpaired) electrons. The average molecular weight is 603 g/mol. The minimum atomic E-state index is -4.09. The van der Waals surface area contributed by atoms with Crippen LogP contribution in [0.1, 0.15) is 11.6 Å². The van der Waals surface area contributed by atoms with Crippen LogP contribution in [0.3, 0.4) is 0 Å². The van der Waals surface area contributed by atoms with Gasteiger partial charge in [-0.1, -0.05) is 42.5 Å². The molecular formula is C29H19ClN4O7S. The number of fused-ring (bicyclic) bond motifs is 1. The van der Waals surface area contributed by atoms with E-state index < -0.39 is 37.9 Å². The summed E-state index contributed by atoms with van der Waals surface area (Å²) >= 11 is 6.41. The lowest BCUT2D eigenvalue weighted by Gasteiger charge is -2.45. The number of nitrogens with zero attached hydrogens (tertiary/aromatic N) is 4. The number of benzene rings is 4. The molecule has 210 valence electrons. The highest BCUT2D eigenvalue weighted by Gasteiger charge is 2.50. The van der Waals surface area contributed by atoms with Crippen LogP contribution in [0.25, 0.3) is 22.3 Å². The molecule has 1 amide bonds. The van der Waals surface area contributed by atoms with Crippen LogP contribution in [0.4, 0.5) is 5.69 Å². The summed E-state index contributed by atoms with van der Waals surface area (Å²) in [7, 11) is -4.09. The van der Waals surface area contributed by atoms with Gasteiger partial charge < -0.3 is 4.18 Å². The quantitative estimate of drug-likeness (QED) is 0.0867. The van der Waals surface area contributed by atoms with Crippen LogP contribution in [0.2, 0.25) is 0 Å². The molecule has 1 aliphatic rings. The fraction of sp³-hybridized carbons (Fsp3) is 0.0690. The number of β-lactam (4-membered cyclic amide) rings is 1. The van der Waals surface area contributed by atoms with Crippen molar-refractivity contribution >= 4 is 44.2 Å². The lowest BCUT2D eigenvalue weighted by atomic mass is 9.95. The third-order valence-electron chi connectivity index (χ3n) is 6.74. The Morgan fingerprint density at radius 3 is 2.29 bits per heavy atom. The standard InChI is InChI=1S/C29H19ClN4O7S/c30-25-26(19-7-6-8-20(17-19)34(37)38)32(29(25)36)33-27(31-24-12-5-4-11-23(24)28(33)35)18-13-15-21(16-14-18)41-42(39,40)22-9-2-1-3-10-22/h1-17,25-26H. The van der Waals surface area contributed by atoms with E-state index in [2.05, 4.69) is 4.98 Å². The molecule has 5 aromatic rings. The van der Waals surface area contributed by atoms with Crippen molar-refractivity contribution in [3.63, 3.8) is 0 Å². The summed E-state index contributed by atoms with van der Waals surface area (Å²) in [5.41, 5.74) is 0.342. The Labute approximate surface area is 243 Å². The van der Waals surface area contributed by atoms with E-state index in [4.69, 9.17) is 15.8 Å². The third kappa shape index (κ3) is 4.66. The number of alkyl halides is 1. The first-order valence-corrected chi connectivity index (χ1v) is 14.3. The van der Waals surface area contributed by atoms with Crippen LogP contribution in [0.15, 0.2) is 113 Å². The molecule has 1 fully saturated rings. The summed E-state index contributed by atoms with van der Waals surface area (Å²) in [5.74, 6) is -0.501. The SMILES string of the molecule is O=C1C(Cl)C(c2cccc([N+](=O)[O-])c2)N1n1c(-c2ccc(OS(=O)(=O)c3ccccc3)cc2)nc2ccccc2c1=O. The monoisotopic (exact) mass is 602 g/mol. The lowest BCUT2D eigenvalue weighted by molar-refractivity contribution is -0.384. The van der Waals surface area contributed by atoms with Crippen molar-refractivity contribution in [2.75, 3.05) is 5.01 Å². The van der Waals surface area contributed by atoms with Gasteiger partial charge in [0.2, 0.25) is 0 Å². The molecule has 13 heteroatoms. The van der Waals surface area contributed by atoms with Crippen LogP contribution < -0.4 is 14.8 Å². The van der Waals surface area contributed by atoms with E-state index in [1.165, 1.54) is 54.6 Å². The number of nitro benzene ring substituents is 1. The minimum Gasteiger partial charge on any atom is -0.379 e. The topological polar surface area (TPSA) is 142 Å². The van der Waals surface area contributed by atoms with E-state index in [-0.39, 0.29) is 27.5 Å². The Morgan fingerprint density at radius 2 is 1.57 bits per heavy atom. The third-order valence-corrected chi connectivity index (χ3v) is 8.43. The highest BCUT2D eigenvalue weighted by molar-refractivity contribution is 7.87. The molecule has 1 saturated heterocycles. The van der Waals surface area contributed by atoms with Gasteiger partial charge in [-0.15, -0.1) is 11.6 Å². The molecule has 0 bridgehead atoms. The Hall–Kier alpha value is -5.07. The number of amides is 1. The first-order chi connectivity index (χ1) is 20.2. The number of hydrogen-bond acceptors (Lipinski definition) is 8. The van der Waals surface area contributed by atoms with Gasteiger partial charge in [-0.3, -0.25) is 19.7 Å². The highest BCUT2D eigenvalue weighted by Crippen LogP contribution is 2.39. The Bertz CT molecular complexity index is 2030. The maximum atomic E-state index is 13.8. The second kappa shape index (κ2) is 10.4. The van der Waals surface area contributed by atoms with Crippen LogP contribution in [-0.2, 0) is 14.9 Å². The van der Waals surface area contributed by atoms with Gasteiger partial charge in [0.15, 0.2) is 5.82 Å². The van der Waals surface area contributed by atoms with Crippen LogP contribution in [0, 0.1) is 10.1 Å². The van der Waals surface area contributed by atoms with Gasteiger partial charge in [-0.25, -0.2) is 9.99 Å². The molecule has 42 heavy (non-hydrogen) atoms. The van der Waals surface area contributed by atoms with Crippen LogP contribution in [-0.4, -0.2) is 34.3 Å². The number of halogens is 1. The zero-order valence-electron chi connectivity index (χ0n) is 21.4. The molecule has 0 N–H and O–H groups in total. The van der Waals surface area contributed by atoms with Crippen molar-refractivity contribution < 1.29 is 22.3 Å². The van der Waals surface area contributed by atoms with Gasteiger partial charge >= 0.3 is 10.1 Å². The summed E-state index contributed by atoms with van der Waals surface area (Å²) in [6.07, 6.45) is 0. The summed E-state index contributed by atoms with van der Waals surface area (Å²) in [5, 5.41) is 11.7. The smallest absolute Gasteiger partial charge is 0.339 e. The molecule has 6 rings (SSSR count). The number of nitro groups is 1. The Balaban J connectivity index is 1.45. The van der Waals surface area contributed by atoms with E-state index in [0.29, 0.717) is 16.6 Å². The first-order valence-electron chi connectivity index (χ1n) is 12.5. The van der Waals surface area contributed by atoms with Gasteiger partial charge in [0.1, 0.15) is 22.1 Å². The van der Waals surface area contributed by atoms with Gasteiger partial charge in [0, 0.05) is 17.7 Å². The van der Waals surface area contributed by atoms with E-state index >= 15 is 0 Å². The fourth-order valence-electron chi connectivity index (χ4n) is 4.73. The normalized spacial score (nSPS) is 16.7. The molecule has 0 spiro atoms. The van der Waals surface area contributed by atoms with Crippen molar-refractivity contribution in [3.8, 4) is 17.1 Å². The average Bonchev–Trinajstić information content (AvgIpc) is 3.00. The molecule has 2 atom stereocenters. The maximum absolute atomic E-state index is 13.8. The van der Waals surface area contributed by atoms with E-state index in [9.17, 15) is 28.1 Å². The minimum absolute atomic E-state index is 0.0155. The zero-order chi connectivity index (χ0) is 29.6. The molecule has 0 saturated carbocycles. The summed E-state index contributed by atoms with van der Waals surface area (Å²) < 4.78 is 31.7. The summed E-state index contributed by atoms with van der Waals surface area (Å²) in [4.78, 5) is 42.5. The Morgan fingerprint density at radius 1 is 0.881 bits per heavy atom.